The first-order valence-corrected chi connectivity index (χ1v) is 12.8. The van der Waals surface area contributed by atoms with Crippen LogP contribution in [-0.4, -0.2) is 40.3 Å². The lowest BCUT2D eigenvalue weighted by molar-refractivity contribution is 0.242. The van der Waals surface area contributed by atoms with Gasteiger partial charge in [-0.15, -0.1) is 0 Å². The summed E-state index contributed by atoms with van der Waals surface area (Å²) >= 11 is 0. The minimum absolute atomic E-state index is 0.195. The van der Waals surface area contributed by atoms with E-state index in [-0.39, 0.29) is 22.4 Å². The second-order valence-electron chi connectivity index (χ2n) is 7.58. The zero-order valence-corrected chi connectivity index (χ0v) is 18.5. The number of piperidine rings is 1. The molecular formula is C21H28N2O4S2. The second kappa shape index (κ2) is 8.95. The molecule has 0 amide bonds. The van der Waals surface area contributed by atoms with E-state index in [0.717, 1.165) is 30.4 Å². The highest BCUT2D eigenvalue weighted by atomic mass is 32.2. The van der Waals surface area contributed by atoms with E-state index >= 15 is 0 Å². The highest BCUT2D eigenvalue weighted by Gasteiger charge is 2.33. The summed E-state index contributed by atoms with van der Waals surface area (Å²) in [6.45, 7) is 4.42. The summed E-state index contributed by atoms with van der Waals surface area (Å²) in [6, 6.07) is 13.4. The van der Waals surface area contributed by atoms with Gasteiger partial charge in [-0.1, -0.05) is 36.2 Å². The molecule has 29 heavy (non-hydrogen) atoms. The fourth-order valence-electron chi connectivity index (χ4n) is 3.65. The second-order valence-corrected chi connectivity index (χ2v) is 11.2. The van der Waals surface area contributed by atoms with Crippen molar-refractivity contribution in [2.45, 2.75) is 55.4 Å². The predicted octanol–water partition coefficient (Wildman–Crippen LogP) is 3.22. The lowest BCUT2D eigenvalue weighted by atomic mass is 10.0. The summed E-state index contributed by atoms with van der Waals surface area (Å²) in [5, 5.41) is 0. The van der Waals surface area contributed by atoms with Gasteiger partial charge in [-0.05, 0) is 62.9 Å². The van der Waals surface area contributed by atoms with Crippen molar-refractivity contribution in [3.05, 3.63) is 59.7 Å². The standard InChI is InChI=1S/C21H28N2O4S2/c1-17-9-11-20(12-10-17)29(26,27)23-15-4-3-7-19(23)13-14-22-28(24,25)21-8-5-6-18(2)16-21/h5-6,8-12,16,19,22H,3-4,7,13-15H2,1-2H3. The summed E-state index contributed by atoms with van der Waals surface area (Å²) in [5.41, 5.74) is 1.88. The van der Waals surface area contributed by atoms with Crippen LogP contribution in [-0.2, 0) is 20.0 Å². The minimum atomic E-state index is -3.61. The van der Waals surface area contributed by atoms with Gasteiger partial charge in [0.25, 0.3) is 0 Å². The van der Waals surface area contributed by atoms with Crippen LogP contribution in [0.4, 0.5) is 0 Å². The average Bonchev–Trinajstić information content (AvgIpc) is 2.68. The Hall–Kier alpha value is -1.74. The Morgan fingerprint density at radius 2 is 1.66 bits per heavy atom. The molecule has 1 atom stereocenters. The molecule has 0 spiro atoms. The van der Waals surface area contributed by atoms with Crippen LogP contribution in [0.1, 0.15) is 36.8 Å². The maximum atomic E-state index is 13.1. The zero-order chi connectivity index (χ0) is 21.1. The van der Waals surface area contributed by atoms with Gasteiger partial charge in [0.05, 0.1) is 9.79 Å². The molecule has 8 heteroatoms. The number of nitrogens with one attached hydrogen (secondary N) is 1. The van der Waals surface area contributed by atoms with Gasteiger partial charge in [-0.25, -0.2) is 21.6 Å². The quantitative estimate of drug-likeness (QED) is 0.722. The smallest absolute Gasteiger partial charge is 0.211 e. The third-order valence-electron chi connectivity index (χ3n) is 5.27. The lowest BCUT2D eigenvalue weighted by Gasteiger charge is -2.34. The van der Waals surface area contributed by atoms with E-state index in [2.05, 4.69) is 4.72 Å². The molecule has 2 aromatic carbocycles. The Labute approximate surface area is 174 Å². The van der Waals surface area contributed by atoms with Crippen molar-refractivity contribution in [1.82, 2.24) is 9.03 Å². The molecule has 6 nitrogen and oxygen atoms in total. The van der Waals surface area contributed by atoms with E-state index < -0.39 is 20.0 Å². The lowest BCUT2D eigenvalue weighted by Crippen LogP contribution is -2.45. The molecule has 1 N–H and O–H groups in total. The van der Waals surface area contributed by atoms with Crippen molar-refractivity contribution < 1.29 is 16.8 Å². The Morgan fingerprint density at radius 1 is 0.931 bits per heavy atom. The number of nitrogens with zero attached hydrogens (tertiary/aromatic N) is 1. The van der Waals surface area contributed by atoms with E-state index in [0.29, 0.717) is 13.0 Å². The molecule has 0 aliphatic carbocycles. The fraction of sp³-hybridized carbons (Fsp3) is 0.429. The van der Waals surface area contributed by atoms with Gasteiger partial charge < -0.3 is 0 Å². The third kappa shape index (κ3) is 5.25. The van der Waals surface area contributed by atoms with Gasteiger partial charge >= 0.3 is 0 Å². The number of sulfonamides is 2. The molecular weight excluding hydrogens is 408 g/mol. The van der Waals surface area contributed by atoms with Crippen LogP contribution >= 0.6 is 0 Å². The van der Waals surface area contributed by atoms with E-state index in [4.69, 9.17) is 0 Å². The third-order valence-corrected chi connectivity index (χ3v) is 8.69. The molecule has 158 valence electrons. The number of benzene rings is 2. The number of rotatable bonds is 7. The topological polar surface area (TPSA) is 83.6 Å². The monoisotopic (exact) mass is 436 g/mol. The maximum absolute atomic E-state index is 13.1. The van der Waals surface area contributed by atoms with Crippen molar-refractivity contribution in [2.75, 3.05) is 13.1 Å². The van der Waals surface area contributed by atoms with Crippen molar-refractivity contribution in [2.24, 2.45) is 0 Å². The van der Waals surface area contributed by atoms with Crippen LogP contribution in [0.5, 0.6) is 0 Å². The summed E-state index contributed by atoms with van der Waals surface area (Å²) in [4.78, 5) is 0.514. The molecule has 1 heterocycles. The molecule has 0 radical (unpaired) electrons. The summed E-state index contributed by atoms with van der Waals surface area (Å²) in [6.07, 6.45) is 2.93. The average molecular weight is 437 g/mol. The first kappa shape index (κ1) is 22.0. The van der Waals surface area contributed by atoms with Crippen molar-refractivity contribution in [3.63, 3.8) is 0 Å². The molecule has 1 unspecified atom stereocenters. The number of hydrogen-bond donors (Lipinski definition) is 1. The Balaban J connectivity index is 1.70. The Morgan fingerprint density at radius 3 is 2.34 bits per heavy atom. The van der Waals surface area contributed by atoms with Crippen molar-refractivity contribution in [1.29, 1.82) is 0 Å². The van der Waals surface area contributed by atoms with E-state index in [1.165, 1.54) is 0 Å². The molecule has 0 saturated carbocycles. The SMILES string of the molecule is Cc1ccc(S(=O)(=O)N2CCCCC2CCNS(=O)(=O)c2cccc(C)c2)cc1. The van der Waals surface area contributed by atoms with Gasteiger partial charge in [-0.2, -0.15) is 4.31 Å². The summed E-state index contributed by atoms with van der Waals surface area (Å²) < 4.78 is 55.4. The Kier molecular flexibility index (Phi) is 6.78. The van der Waals surface area contributed by atoms with Crippen molar-refractivity contribution >= 4 is 20.0 Å². The largest absolute Gasteiger partial charge is 0.243 e. The number of hydrogen-bond acceptors (Lipinski definition) is 4. The summed E-state index contributed by atoms with van der Waals surface area (Å²) in [7, 11) is -7.21. The normalized spacial score (nSPS) is 18.6. The van der Waals surface area contributed by atoms with E-state index in [1.54, 1.807) is 46.8 Å². The van der Waals surface area contributed by atoms with Gasteiger partial charge in [0.2, 0.25) is 20.0 Å². The zero-order valence-electron chi connectivity index (χ0n) is 16.8. The van der Waals surface area contributed by atoms with Crippen LogP contribution in [0.2, 0.25) is 0 Å². The number of aryl methyl sites for hydroxylation is 2. The molecule has 0 bridgehead atoms. The molecule has 2 aromatic rings. The van der Waals surface area contributed by atoms with Crippen LogP contribution in [0.3, 0.4) is 0 Å². The maximum Gasteiger partial charge on any atom is 0.243 e. The van der Waals surface area contributed by atoms with Gasteiger partial charge in [-0.3, -0.25) is 0 Å². The minimum Gasteiger partial charge on any atom is -0.211 e. The first-order valence-electron chi connectivity index (χ1n) is 9.85. The van der Waals surface area contributed by atoms with Gasteiger partial charge in [0, 0.05) is 19.1 Å². The molecule has 1 aliphatic rings. The van der Waals surface area contributed by atoms with Gasteiger partial charge in [0.1, 0.15) is 0 Å². The molecule has 3 rings (SSSR count). The van der Waals surface area contributed by atoms with Crippen LogP contribution < -0.4 is 4.72 Å². The first-order chi connectivity index (χ1) is 13.7. The Bertz CT molecular complexity index is 1050. The van der Waals surface area contributed by atoms with Gasteiger partial charge in [0.15, 0.2) is 0 Å². The molecule has 1 aliphatic heterocycles. The fourth-order valence-corrected chi connectivity index (χ4v) is 6.53. The highest BCUT2D eigenvalue weighted by molar-refractivity contribution is 7.89. The van der Waals surface area contributed by atoms with E-state index in [1.807, 2.05) is 19.9 Å². The van der Waals surface area contributed by atoms with Crippen LogP contribution in [0.15, 0.2) is 58.3 Å². The van der Waals surface area contributed by atoms with E-state index in [9.17, 15) is 16.8 Å². The predicted molar refractivity (Wildman–Crippen MR) is 114 cm³/mol. The molecule has 1 saturated heterocycles. The van der Waals surface area contributed by atoms with Crippen molar-refractivity contribution in [3.8, 4) is 0 Å². The molecule has 1 fully saturated rings. The van der Waals surface area contributed by atoms with Crippen LogP contribution in [0, 0.1) is 13.8 Å². The van der Waals surface area contributed by atoms with Crippen LogP contribution in [0.25, 0.3) is 0 Å². The molecule has 0 aromatic heterocycles. The highest BCUT2D eigenvalue weighted by Crippen LogP contribution is 2.27. The summed E-state index contributed by atoms with van der Waals surface area (Å²) in [5.74, 6) is 0.